The summed E-state index contributed by atoms with van der Waals surface area (Å²) in [5.41, 5.74) is 0.915. The lowest BCUT2D eigenvalue weighted by atomic mass is 10.2. The Morgan fingerprint density at radius 2 is 1.78 bits per heavy atom. The van der Waals surface area contributed by atoms with Crippen LogP contribution in [-0.2, 0) is 4.79 Å². The van der Waals surface area contributed by atoms with Gasteiger partial charge in [0.05, 0.1) is 14.2 Å². The van der Waals surface area contributed by atoms with Gasteiger partial charge in [-0.15, -0.1) is 12.4 Å². The first-order chi connectivity index (χ1) is 10.7. The average Bonchev–Trinajstić information content (AvgIpc) is 2.59. The average molecular weight is 341 g/mol. The highest BCUT2D eigenvalue weighted by molar-refractivity contribution is 5.92. The first kappa shape index (κ1) is 19.3. The van der Waals surface area contributed by atoms with E-state index < -0.39 is 0 Å². The molecule has 128 valence electrons. The molecule has 0 spiro atoms. The molecule has 1 aliphatic rings. The zero-order valence-electron chi connectivity index (χ0n) is 13.9. The van der Waals surface area contributed by atoms with E-state index >= 15 is 0 Å². The van der Waals surface area contributed by atoms with Crippen LogP contribution in [0, 0.1) is 0 Å². The van der Waals surface area contributed by atoms with Gasteiger partial charge in [0, 0.05) is 32.3 Å². The van der Waals surface area contributed by atoms with Crippen LogP contribution in [0.5, 0.6) is 11.5 Å². The molecule has 6 heteroatoms. The second-order valence-corrected chi connectivity index (χ2v) is 5.21. The molecule has 23 heavy (non-hydrogen) atoms. The summed E-state index contributed by atoms with van der Waals surface area (Å²) >= 11 is 0. The van der Waals surface area contributed by atoms with Gasteiger partial charge in [0.15, 0.2) is 11.5 Å². The normalized spacial score (nSPS) is 15.3. The van der Waals surface area contributed by atoms with Gasteiger partial charge in [-0.1, -0.05) is 13.0 Å². The molecule has 0 unspecified atom stereocenters. The highest BCUT2D eigenvalue weighted by Crippen LogP contribution is 2.27. The first-order valence-corrected chi connectivity index (χ1v) is 7.59. The van der Waals surface area contributed by atoms with Crippen molar-refractivity contribution in [2.75, 3.05) is 46.9 Å². The maximum absolute atomic E-state index is 12.2. The summed E-state index contributed by atoms with van der Waals surface area (Å²) in [6.45, 7) is 6.68. The van der Waals surface area contributed by atoms with Gasteiger partial charge in [0.2, 0.25) is 5.91 Å². The van der Waals surface area contributed by atoms with E-state index in [1.54, 1.807) is 20.3 Å². The van der Waals surface area contributed by atoms with E-state index in [1.165, 1.54) is 0 Å². The molecule has 5 nitrogen and oxygen atoms in total. The SMILES string of the molecule is CCN1CCN(C(=O)/C=C/c2ccc(OC)c(OC)c2)CC1.Cl. The van der Waals surface area contributed by atoms with Crippen molar-refractivity contribution < 1.29 is 14.3 Å². The van der Waals surface area contributed by atoms with Crippen LogP contribution >= 0.6 is 12.4 Å². The third kappa shape index (κ3) is 5.15. The number of nitrogens with zero attached hydrogens (tertiary/aromatic N) is 2. The maximum atomic E-state index is 12.2. The van der Waals surface area contributed by atoms with Gasteiger partial charge in [-0.05, 0) is 30.3 Å². The van der Waals surface area contributed by atoms with E-state index in [0.29, 0.717) is 11.5 Å². The Morgan fingerprint density at radius 3 is 2.35 bits per heavy atom. The Labute approximate surface area is 144 Å². The molecule has 1 saturated heterocycles. The number of benzene rings is 1. The van der Waals surface area contributed by atoms with Crippen molar-refractivity contribution >= 4 is 24.4 Å². The lowest BCUT2D eigenvalue weighted by Gasteiger charge is -2.33. The second-order valence-electron chi connectivity index (χ2n) is 5.21. The molecular weight excluding hydrogens is 316 g/mol. The van der Waals surface area contributed by atoms with Crippen molar-refractivity contribution in [3.8, 4) is 11.5 Å². The second kappa shape index (κ2) is 9.43. The Kier molecular flexibility index (Phi) is 7.92. The molecule has 0 saturated carbocycles. The number of methoxy groups -OCH3 is 2. The predicted molar refractivity (Wildman–Crippen MR) is 94.5 cm³/mol. The quantitative estimate of drug-likeness (QED) is 0.771. The molecule has 1 aliphatic heterocycles. The zero-order valence-corrected chi connectivity index (χ0v) is 14.8. The van der Waals surface area contributed by atoms with E-state index in [1.807, 2.05) is 29.2 Å². The van der Waals surface area contributed by atoms with Gasteiger partial charge in [-0.3, -0.25) is 4.79 Å². The van der Waals surface area contributed by atoms with Crippen LogP contribution in [0.2, 0.25) is 0 Å². The molecule has 0 N–H and O–H groups in total. The Bertz CT molecular complexity index is 541. The van der Waals surface area contributed by atoms with E-state index in [-0.39, 0.29) is 18.3 Å². The number of likely N-dealkylation sites (N-methyl/N-ethyl adjacent to an activating group) is 1. The number of piperazine rings is 1. The monoisotopic (exact) mass is 340 g/mol. The van der Waals surface area contributed by atoms with E-state index in [4.69, 9.17) is 9.47 Å². The Morgan fingerprint density at radius 1 is 1.13 bits per heavy atom. The van der Waals surface area contributed by atoms with Gasteiger partial charge in [0.25, 0.3) is 0 Å². The van der Waals surface area contributed by atoms with Crippen LogP contribution in [0.1, 0.15) is 12.5 Å². The third-order valence-corrected chi connectivity index (χ3v) is 3.96. The summed E-state index contributed by atoms with van der Waals surface area (Å²) in [6.07, 6.45) is 3.44. The molecule has 1 heterocycles. The van der Waals surface area contributed by atoms with E-state index in [0.717, 1.165) is 38.3 Å². The lowest BCUT2D eigenvalue weighted by molar-refractivity contribution is -0.127. The fraction of sp³-hybridized carbons (Fsp3) is 0.471. The van der Waals surface area contributed by atoms with E-state index in [9.17, 15) is 4.79 Å². The van der Waals surface area contributed by atoms with Crippen LogP contribution in [0.25, 0.3) is 6.08 Å². The van der Waals surface area contributed by atoms with Crippen LogP contribution in [0.4, 0.5) is 0 Å². The zero-order chi connectivity index (χ0) is 15.9. The van der Waals surface area contributed by atoms with Gasteiger partial charge in [-0.25, -0.2) is 0 Å². The summed E-state index contributed by atoms with van der Waals surface area (Å²) in [4.78, 5) is 16.4. The van der Waals surface area contributed by atoms with Crippen molar-refractivity contribution in [2.45, 2.75) is 6.92 Å². The first-order valence-electron chi connectivity index (χ1n) is 7.59. The standard InChI is InChI=1S/C17H24N2O3.ClH/c1-4-18-9-11-19(12-10-18)17(20)8-6-14-5-7-15(21-2)16(13-14)22-3;/h5-8,13H,4,9-12H2,1-3H3;1H/b8-6+;. The fourth-order valence-electron chi connectivity index (χ4n) is 2.51. The minimum atomic E-state index is 0. The predicted octanol–water partition coefficient (Wildman–Crippen LogP) is 2.30. The number of rotatable bonds is 5. The van der Waals surface area contributed by atoms with Crippen LogP contribution < -0.4 is 9.47 Å². The molecule has 2 rings (SSSR count). The van der Waals surface area contributed by atoms with Gasteiger partial charge in [-0.2, -0.15) is 0 Å². The largest absolute Gasteiger partial charge is 0.493 e. The molecule has 1 aromatic rings. The number of carbonyl (C=O) groups excluding carboxylic acids is 1. The minimum absolute atomic E-state index is 0. The highest BCUT2D eigenvalue weighted by Gasteiger charge is 2.18. The number of amides is 1. The summed E-state index contributed by atoms with van der Waals surface area (Å²) in [7, 11) is 3.20. The number of carbonyl (C=O) groups is 1. The molecule has 0 aromatic heterocycles. The van der Waals surface area contributed by atoms with Gasteiger partial charge in [0.1, 0.15) is 0 Å². The number of ether oxygens (including phenoxy) is 2. The Hall–Kier alpha value is -1.72. The number of hydrogen-bond acceptors (Lipinski definition) is 4. The summed E-state index contributed by atoms with van der Waals surface area (Å²) in [5, 5.41) is 0. The van der Waals surface area contributed by atoms with Crippen molar-refractivity contribution in [2.24, 2.45) is 0 Å². The molecule has 0 aliphatic carbocycles. The molecule has 0 radical (unpaired) electrons. The summed E-state index contributed by atoms with van der Waals surface area (Å²) in [6, 6.07) is 5.60. The van der Waals surface area contributed by atoms with Crippen molar-refractivity contribution in [1.29, 1.82) is 0 Å². The van der Waals surface area contributed by atoms with Crippen molar-refractivity contribution in [1.82, 2.24) is 9.80 Å². The van der Waals surface area contributed by atoms with Crippen LogP contribution in [-0.4, -0.2) is 62.7 Å². The lowest BCUT2D eigenvalue weighted by Crippen LogP contribution is -2.48. The smallest absolute Gasteiger partial charge is 0.246 e. The third-order valence-electron chi connectivity index (χ3n) is 3.96. The summed E-state index contributed by atoms with van der Waals surface area (Å²) in [5.74, 6) is 1.40. The van der Waals surface area contributed by atoms with Crippen molar-refractivity contribution in [3.63, 3.8) is 0 Å². The van der Waals surface area contributed by atoms with E-state index in [2.05, 4.69) is 11.8 Å². The minimum Gasteiger partial charge on any atom is -0.493 e. The molecule has 0 bridgehead atoms. The maximum Gasteiger partial charge on any atom is 0.246 e. The fourth-order valence-corrected chi connectivity index (χ4v) is 2.51. The Balaban J connectivity index is 0.00000264. The van der Waals surface area contributed by atoms with Gasteiger partial charge < -0.3 is 19.3 Å². The molecular formula is C17H25ClN2O3. The van der Waals surface area contributed by atoms with Crippen LogP contribution in [0.15, 0.2) is 24.3 Å². The number of hydrogen-bond donors (Lipinski definition) is 0. The van der Waals surface area contributed by atoms with Gasteiger partial charge >= 0.3 is 0 Å². The molecule has 1 fully saturated rings. The number of halogens is 1. The summed E-state index contributed by atoms with van der Waals surface area (Å²) < 4.78 is 10.5. The highest BCUT2D eigenvalue weighted by atomic mass is 35.5. The van der Waals surface area contributed by atoms with Crippen molar-refractivity contribution in [3.05, 3.63) is 29.8 Å². The molecule has 1 amide bonds. The molecule has 1 aromatic carbocycles. The topological polar surface area (TPSA) is 42.0 Å². The molecule has 0 atom stereocenters. The van der Waals surface area contributed by atoms with Crippen LogP contribution in [0.3, 0.4) is 0 Å².